The van der Waals surface area contributed by atoms with E-state index in [1.165, 1.54) is 6.42 Å². The molecular weight excluding hydrogens is 447 g/mol. The summed E-state index contributed by atoms with van der Waals surface area (Å²) in [6, 6.07) is 16.1. The van der Waals surface area contributed by atoms with E-state index in [-0.39, 0.29) is 36.9 Å². The second kappa shape index (κ2) is 10.0. The lowest BCUT2D eigenvalue weighted by molar-refractivity contribution is -0.168. The first-order valence-electron chi connectivity index (χ1n) is 10.9. The van der Waals surface area contributed by atoms with Gasteiger partial charge in [0.25, 0.3) is 0 Å². The molecule has 0 amide bonds. The summed E-state index contributed by atoms with van der Waals surface area (Å²) in [6.07, 6.45) is 2.24. The Balaban J connectivity index is 0.00000144. The zero-order valence-corrected chi connectivity index (χ0v) is 20.4. The molecule has 3 aliphatic rings. The van der Waals surface area contributed by atoms with Gasteiger partial charge in [-0.15, -0.1) is 24.8 Å². The highest BCUT2D eigenvalue weighted by Gasteiger charge is 2.47. The van der Waals surface area contributed by atoms with Crippen LogP contribution in [0.25, 0.3) is 0 Å². The summed E-state index contributed by atoms with van der Waals surface area (Å²) in [5.41, 5.74) is 1.78. The first-order valence-corrected chi connectivity index (χ1v) is 10.9. The second-order valence-corrected chi connectivity index (χ2v) is 9.27. The molecule has 0 radical (unpaired) electrons. The van der Waals surface area contributed by atoms with E-state index >= 15 is 0 Å². The molecule has 2 heterocycles. The number of hydrogen-bond acceptors (Lipinski definition) is 5. The van der Waals surface area contributed by atoms with Crippen LogP contribution in [-0.2, 0) is 9.53 Å². The molecule has 5 rings (SSSR count). The topological polar surface area (TPSA) is 42.0 Å². The van der Waals surface area contributed by atoms with Gasteiger partial charge in [-0.05, 0) is 46.1 Å². The molecule has 32 heavy (non-hydrogen) atoms. The van der Waals surface area contributed by atoms with Crippen LogP contribution < -0.4 is 4.74 Å². The van der Waals surface area contributed by atoms with Crippen LogP contribution in [-0.4, -0.2) is 62.1 Å². The minimum Gasteiger partial charge on any atom is -0.461 e. The fourth-order valence-electron chi connectivity index (χ4n) is 5.78. The van der Waals surface area contributed by atoms with Crippen LogP contribution in [0.5, 0.6) is 11.5 Å². The third-order valence-electron chi connectivity index (χ3n) is 7.11. The summed E-state index contributed by atoms with van der Waals surface area (Å²) >= 11 is 0. The number of carbonyl (C=O) groups excluding carboxylic acids is 1. The normalized spacial score (nSPS) is 26.6. The van der Waals surface area contributed by atoms with E-state index in [9.17, 15) is 4.79 Å². The number of ether oxygens (including phenoxy) is 2. The molecule has 2 bridgehead atoms. The van der Waals surface area contributed by atoms with Gasteiger partial charge >= 0.3 is 5.97 Å². The van der Waals surface area contributed by atoms with Crippen LogP contribution in [0.15, 0.2) is 48.5 Å². The smallest absolute Gasteiger partial charge is 0.318 e. The van der Waals surface area contributed by atoms with Crippen LogP contribution in [0.2, 0.25) is 0 Å². The number of piperidine rings is 1. The first kappa shape index (κ1) is 24.8. The van der Waals surface area contributed by atoms with Gasteiger partial charge in [0.05, 0.1) is 0 Å². The number of nitrogens with zero attached hydrogens (tertiary/aromatic N) is 2. The Labute approximate surface area is 202 Å². The molecule has 0 N–H and O–H groups in total. The summed E-state index contributed by atoms with van der Waals surface area (Å²) in [6.45, 7) is 1.97. The Morgan fingerprint density at radius 3 is 2.16 bits per heavy atom. The summed E-state index contributed by atoms with van der Waals surface area (Å²) in [7, 11) is 6.47. The molecule has 0 spiro atoms. The number of rotatable bonds is 3. The van der Waals surface area contributed by atoms with Crippen molar-refractivity contribution in [1.29, 1.82) is 0 Å². The van der Waals surface area contributed by atoms with Crippen molar-refractivity contribution in [2.45, 2.75) is 30.9 Å². The van der Waals surface area contributed by atoms with E-state index in [2.05, 4.69) is 30.9 Å². The van der Waals surface area contributed by atoms with Gasteiger partial charge in [-0.2, -0.15) is 0 Å². The Hall–Kier alpha value is -1.79. The highest BCUT2D eigenvalue weighted by molar-refractivity contribution is 5.86. The van der Waals surface area contributed by atoms with Crippen molar-refractivity contribution in [3.8, 4) is 11.5 Å². The van der Waals surface area contributed by atoms with E-state index < -0.39 is 5.92 Å². The Morgan fingerprint density at radius 2 is 1.56 bits per heavy atom. The molecule has 5 nitrogen and oxygen atoms in total. The molecule has 2 fully saturated rings. The van der Waals surface area contributed by atoms with Gasteiger partial charge in [0.15, 0.2) is 0 Å². The maximum atomic E-state index is 13.7. The van der Waals surface area contributed by atoms with Crippen molar-refractivity contribution in [3.05, 3.63) is 59.7 Å². The lowest BCUT2D eigenvalue weighted by atomic mass is 9.72. The van der Waals surface area contributed by atoms with Gasteiger partial charge in [0, 0.05) is 42.1 Å². The van der Waals surface area contributed by atoms with Gasteiger partial charge in [-0.3, -0.25) is 4.79 Å². The summed E-state index contributed by atoms with van der Waals surface area (Å²) < 4.78 is 12.5. The van der Waals surface area contributed by atoms with Crippen LogP contribution in [0, 0.1) is 11.8 Å². The van der Waals surface area contributed by atoms with Crippen LogP contribution in [0.3, 0.4) is 0 Å². The number of fused-ring (bicyclic) bond motifs is 4. The molecule has 1 saturated carbocycles. The van der Waals surface area contributed by atoms with Gasteiger partial charge in [-0.25, -0.2) is 0 Å². The summed E-state index contributed by atoms with van der Waals surface area (Å²) in [5, 5.41) is 0. The van der Waals surface area contributed by atoms with Gasteiger partial charge in [0.1, 0.15) is 23.5 Å². The van der Waals surface area contributed by atoms with Crippen LogP contribution in [0.1, 0.15) is 29.9 Å². The predicted molar refractivity (Wildman–Crippen MR) is 130 cm³/mol. The maximum Gasteiger partial charge on any atom is 0.318 e. The van der Waals surface area contributed by atoms with Crippen molar-refractivity contribution in [2.75, 3.05) is 34.2 Å². The summed E-state index contributed by atoms with van der Waals surface area (Å²) in [5.74, 6) is 1.64. The lowest BCUT2D eigenvalue weighted by Gasteiger charge is -2.51. The van der Waals surface area contributed by atoms with E-state index in [4.69, 9.17) is 9.47 Å². The molecule has 2 aliphatic heterocycles. The van der Waals surface area contributed by atoms with Gasteiger partial charge < -0.3 is 19.3 Å². The Morgan fingerprint density at radius 1 is 0.969 bits per heavy atom. The zero-order chi connectivity index (χ0) is 20.8. The highest BCUT2D eigenvalue weighted by Crippen LogP contribution is 2.46. The largest absolute Gasteiger partial charge is 0.461 e. The van der Waals surface area contributed by atoms with E-state index in [0.29, 0.717) is 17.9 Å². The van der Waals surface area contributed by atoms with Crippen molar-refractivity contribution >= 4 is 30.8 Å². The number of benzene rings is 2. The number of hydrogen-bond donors (Lipinski definition) is 0. The average molecular weight is 479 g/mol. The number of carbonyl (C=O) groups is 1. The third-order valence-corrected chi connectivity index (χ3v) is 7.11. The van der Waals surface area contributed by atoms with Crippen molar-refractivity contribution in [1.82, 2.24) is 9.80 Å². The molecule has 2 aromatic carbocycles. The summed E-state index contributed by atoms with van der Waals surface area (Å²) in [4.78, 5) is 18.4. The second-order valence-electron chi connectivity index (χ2n) is 9.27. The predicted octanol–water partition coefficient (Wildman–Crippen LogP) is 4.58. The minimum absolute atomic E-state index is 0. The fourth-order valence-corrected chi connectivity index (χ4v) is 5.78. The number of esters is 1. The average Bonchev–Trinajstić information content (AvgIpc) is 2.72. The Kier molecular flexibility index (Phi) is 7.77. The molecule has 2 aromatic rings. The molecule has 1 aliphatic carbocycles. The molecule has 4 atom stereocenters. The minimum atomic E-state index is -0.440. The van der Waals surface area contributed by atoms with Crippen molar-refractivity contribution < 1.29 is 14.3 Å². The standard InChI is InChI=1S/C25H30N2O3.2ClH/c1-26(2)20-13-12-16-14-27(3)15-19(20)24(16)30-25(28)23-17-8-4-6-10-21(17)29-22-11-7-5-9-18(22)23;;/h4-11,16,19-20,23-24H,12-15H2,1-3H3;2*1H/t16?,19?,20-,24+;;/m1../s1. The van der Waals surface area contributed by atoms with E-state index in [1.54, 1.807) is 0 Å². The fraction of sp³-hybridized carbons (Fsp3) is 0.480. The molecule has 1 saturated heterocycles. The first-order chi connectivity index (χ1) is 14.5. The lowest BCUT2D eigenvalue weighted by Crippen LogP contribution is -2.59. The SMILES string of the molecule is CN1CC2CC[C@@H](N(C)C)C(C1)[C@H]2OC(=O)C1c2ccccc2Oc2ccccc21.Cl.Cl. The van der Waals surface area contributed by atoms with Crippen molar-refractivity contribution in [3.63, 3.8) is 0 Å². The van der Waals surface area contributed by atoms with E-state index in [1.807, 2.05) is 48.5 Å². The van der Waals surface area contributed by atoms with Crippen LogP contribution in [0.4, 0.5) is 0 Å². The molecule has 174 valence electrons. The molecule has 0 aromatic heterocycles. The Bertz CT molecular complexity index is 909. The number of halogens is 2. The number of para-hydroxylation sites is 2. The monoisotopic (exact) mass is 478 g/mol. The molecule has 2 unspecified atom stereocenters. The van der Waals surface area contributed by atoms with Gasteiger partial charge in [0.2, 0.25) is 0 Å². The maximum absolute atomic E-state index is 13.7. The quantitative estimate of drug-likeness (QED) is 0.603. The van der Waals surface area contributed by atoms with Crippen molar-refractivity contribution in [2.24, 2.45) is 11.8 Å². The zero-order valence-electron chi connectivity index (χ0n) is 18.8. The number of likely N-dealkylation sites (tertiary alicyclic amines) is 1. The van der Waals surface area contributed by atoms with E-state index in [0.717, 1.165) is 42.1 Å². The molecular formula is C25H32Cl2N2O3. The van der Waals surface area contributed by atoms with Crippen LogP contribution >= 0.6 is 24.8 Å². The van der Waals surface area contributed by atoms with Gasteiger partial charge in [-0.1, -0.05) is 36.4 Å². The third kappa shape index (κ3) is 4.36. The highest BCUT2D eigenvalue weighted by atomic mass is 35.5. The molecule has 7 heteroatoms.